The molecule has 0 radical (unpaired) electrons. The quantitative estimate of drug-likeness (QED) is 0.386. The van der Waals surface area contributed by atoms with E-state index in [-0.39, 0.29) is 16.8 Å². The fourth-order valence-electron chi connectivity index (χ4n) is 2.34. The van der Waals surface area contributed by atoms with Crippen molar-refractivity contribution in [2.75, 3.05) is 13.2 Å². The van der Waals surface area contributed by atoms with Crippen LogP contribution in [0.2, 0.25) is 0 Å². The molecule has 1 aromatic rings. The van der Waals surface area contributed by atoms with Gasteiger partial charge in [-0.15, -0.1) is 0 Å². The van der Waals surface area contributed by atoms with Gasteiger partial charge in [0.25, 0.3) is 11.1 Å². The van der Waals surface area contributed by atoms with E-state index in [1.54, 1.807) is 39.0 Å². The Morgan fingerprint density at radius 1 is 1.21 bits per heavy atom. The third-order valence-corrected chi connectivity index (χ3v) is 4.25. The van der Waals surface area contributed by atoms with E-state index >= 15 is 0 Å². The van der Waals surface area contributed by atoms with Crippen molar-refractivity contribution in [1.29, 1.82) is 0 Å². The van der Waals surface area contributed by atoms with Crippen LogP contribution in [0.15, 0.2) is 23.1 Å². The molecule has 0 bridgehead atoms. The SMILES string of the molecule is CCOc1cc(/C=C2\SC(=O)N(CC(=O)OC(C)C)C2=O)ccc1OC(C)=O. The van der Waals surface area contributed by atoms with Gasteiger partial charge in [-0.05, 0) is 56.3 Å². The third-order valence-electron chi connectivity index (χ3n) is 3.35. The number of ether oxygens (including phenoxy) is 3. The maximum atomic E-state index is 12.5. The molecule has 0 aromatic heterocycles. The number of nitrogens with zero attached hydrogens (tertiary/aromatic N) is 1. The van der Waals surface area contributed by atoms with Crippen molar-refractivity contribution in [2.45, 2.75) is 33.8 Å². The molecule has 0 N–H and O–H groups in total. The lowest BCUT2D eigenvalue weighted by atomic mass is 10.2. The summed E-state index contributed by atoms with van der Waals surface area (Å²) in [5, 5.41) is -0.543. The molecule has 0 aliphatic carbocycles. The molecule has 150 valence electrons. The van der Waals surface area contributed by atoms with Crippen LogP contribution < -0.4 is 9.47 Å². The molecule has 0 unspecified atom stereocenters. The second-order valence-electron chi connectivity index (χ2n) is 6.04. The standard InChI is InChI=1S/C19H21NO7S/c1-5-25-15-8-13(6-7-14(15)27-12(4)21)9-16-18(23)20(19(24)28-16)10-17(22)26-11(2)3/h6-9,11H,5,10H2,1-4H3/b16-9-. The molecule has 0 spiro atoms. The number of carbonyl (C=O) groups is 4. The van der Waals surface area contributed by atoms with Gasteiger partial charge in [0.05, 0.1) is 17.6 Å². The topological polar surface area (TPSA) is 99.2 Å². The summed E-state index contributed by atoms with van der Waals surface area (Å²) in [5.74, 6) is -1.11. The molecule has 1 saturated heterocycles. The van der Waals surface area contributed by atoms with E-state index < -0.39 is 29.6 Å². The first-order valence-corrected chi connectivity index (χ1v) is 9.43. The second kappa shape index (κ2) is 9.41. The van der Waals surface area contributed by atoms with Crippen LogP contribution in [0, 0.1) is 0 Å². The lowest BCUT2D eigenvalue weighted by molar-refractivity contribution is -0.149. The van der Waals surface area contributed by atoms with Crippen LogP contribution >= 0.6 is 11.8 Å². The van der Waals surface area contributed by atoms with E-state index in [1.807, 2.05) is 0 Å². The maximum absolute atomic E-state index is 12.5. The highest BCUT2D eigenvalue weighted by molar-refractivity contribution is 8.18. The van der Waals surface area contributed by atoms with Crippen molar-refractivity contribution < 1.29 is 33.4 Å². The van der Waals surface area contributed by atoms with Crippen molar-refractivity contribution in [2.24, 2.45) is 0 Å². The van der Waals surface area contributed by atoms with Gasteiger partial charge in [0, 0.05) is 6.92 Å². The summed E-state index contributed by atoms with van der Waals surface area (Å²) >= 11 is 0.736. The minimum absolute atomic E-state index is 0.171. The molecule has 1 heterocycles. The van der Waals surface area contributed by atoms with Crippen LogP contribution in [0.4, 0.5) is 4.79 Å². The number of imide groups is 1. The maximum Gasteiger partial charge on any atom is 0.326 e. The molecular weight excluding hydrogens is 386 g/mol. The zero-order chi connectivity index (χ0) is 20.8. The fraction of sp³-hybridized carbons (Fsp3) is 0.368. The molecule has 28 heavy (non-hydrogen) atoms. The smallest absolute Gasteiger partial charge is 0.326 e. The number of thioether (sulfide) groups is 1. The highest BCUT2D eigenvalue weighted by atomic mass is 32.2. The predicted octanol–water partition coefficient (Wildman–Crippen LogP) is 3.00. The van der Waals surface area contributed by atoms with E-state index in [2.05, 4.69) is 0 Å². The fourth-order valence-corrected chi connectivity index (χ4v) is 3.18. The van der Waals surface area contributed by atoms with Crippen LogP contribution in [0.5, 0.6) is 11.5 Å². The molecular formula is C19H21NO7S. The first kappa shape index (κ1) is 21.5. The molecule has 0 saturated carbocycles. The Kier molecular flexibility index (Phi) is 7.22. The van der Waals surface area contributed by atoms with Crippen molar-refractivity contribution in [3.63, 3.8) is 0 Å². The zero-order valence-electron chi connectivity index (χ0n) is 16.0. The molecule has 2 rings (SSSR count). The summed E-state index contributed by atoms with van der Waals surface area (Å²) in [6.07, 6.45) is 1.18. The second-order valence-corrected chi connectivity index (χ2v) is 7.03. The van der Waals surface area contributed by atoms with Gasteiger partial charge in [-0.25, -0.2) is 0 Å². The van der Waals surface area contributed by atoms with E-state index in [9.17, 15) is 19.2 Å². The Bertz CT molecular complexity index is 832. The largest absolute Gasteiger partial charge is 0.490 e. The summed E-state index contributed by atoms with van der Waals surface area (Å²) in [5.41, 5.74) is 0.578. The van der Waals surface area contributed by atoms with E-state index in [4.69, 9.17) is 14.2 Å². The first-order valence-electron chi connectivity index (χ1n) is 8.61. The van der Waals surface area contributed by atoms with E-state index in [0.717, 1.165) is 16.7 Å². The summed E-state index contributed by atoms with van der Waals surface area (Å²) in [6.45, 7) is 6.35. The van der Waals surface area contributed by atoms with Gasteiger partial charge in [0.15, 0.2) is 11.5 Å². The number of esters is 2. The summed E-state index contributed by atoms with van der Waals surface area (Å²) in [4.78, 5) is 48.5. The van der Waals surface area contributed by atoms with Crippen molar-refractivity contribution in [3.05, 3.63) is 28.7 Å². The molecule has 1 aliphatic rings. The zero-order valence-corrected chi connectivity index (χ0v) is 16.8. The number of hydrogen-bond acceptors (Lipinski definition) is 8. The number of benzene rings is 1. The predicted molar refractivity (Wildman–Crippen MR) is 103 cm³/mol. The highest BCUT2D eigenvalue weighted by Gasteiger charge is 2.36. The highest BCUT2D eigenvalue weighted by Crippen LogP contribution is 2.34. The van der Waals surface area contributed by atoms with Crippen molar-refractivity contribution in [1.82, 2.24) is 4.90 Å². The van der Waals surface area contributed by atoms with Gasteiger partial charge < -0.3 is 14.2 Å². The molecule has 2 amide bonds. The minimum atomic E-state index is -0.650. The van der Waals surface area contributed by atoms with Gasteiger partial charge in [0.1, 0.15) is 6.54 Å². The average molecular weight is 407 g/mol. The van der Waals surface area contributed by atoms with E-state index in [0.29, 0.717) is 17.9 Å². The average Bonchev–Trinajstić information content (AvgIpc) is 2.84. The number of rotatable bonds is 7. The lowest BCUT2D eigenvalue weighted by Gasteiger charge is -2.13. The number of hydrogen-bond donors (Lipinski definition) is 0. The summed E-state index contributed by atoms with van der Waals surface area (Å²) in [6, 6.07) is 4.77. The molecule has 9 heteroatoms. The Morgan fingerprint density at radius 2 is 1.93 bits per heavy atom. The minimum Gasteiger partial charge on any atom is -0.490 e. The van der Waals surface area contributed by atoms with Crippen LogP contribution in [0.1, 0.15) is 33.3 Å². The Morgan fingerprint density at radius 3 is 2.54 bits per heavy atom. The van der Waals surface area contributed by atoms with Crippen LogP contribution in [0.25, 0.3) is 6.08 Å². The number of amides is 2. The number of carbonyl (C=O) groups excluding carboxylic acids is 4. The monoisotopic (exact) mass is 407 g/mol. The van der Waals surface area contributed by atoms with Gasteiger partial charge in [-0.1, -0.05) is 6.07 Å². The Balaban J connectivity index is 2.21. The first-order chi connectivity index (χ1) is 13.2. The summed E-state index contributed by atoms with van der Waals surface area (Å²) < 4.78 is 15.5. The van der Waals surface area contributed by atoms with Crippen molar-refractivity contribution >= 4 is 40.9 Å². The van der Waals surface area contributed by atoms with Crippen LogP contribution in [0.3, 0.4) is 0 Å². The molecule has 0 atom stereocenters. The van der Waals surface area contributed by atoms with E-state index in [1.165, 1.54) is 13.0 Å². The molecule has 8 nitrogen and oxygen atoms in total. The van der Waals surface area contributed by atoms with Gasteiger partial charge in [-0.2, -0.15) is 0 Å². The van der Waals surface area contributed by atoms with Gasteiger partial charge in [-0.3, -0.25) is 24.1 Å². The molecule has 1 aromatic carbocycles. The summed E-state index contributed by atoms with van der Waals surface area (Å²) in [7, 11) is 0. The normalized spacial score (nSPS) is 15.3. The molecule has 1 fully saturated rings. The third kappa shape index (κ3) is 5.59. The van der Waals surface area contributed by atoms with Crippen LogP contribution in [-0.2, 0) is 19.1 Å². The lowest BCUT2D eigenvalue weighted by Crippen LogP contribution is -2.35. The van der Waals surface area contributed by atoms with Gasteiger partial charge >= 0.3 is 11.9 Å². The Labute approximate surface area is 166 Å². The Hall–Kier alpha value is -2.81. The van der Waals surface area contributed by atoms with Crippen molar-refractivity contribution in [3.8, 4) is 11.5 Å². The molecule has 1 aliphatic heterocycles. The van der Waals surface area contributed by atoms with Crippen LogP contribution in [-0.4, -0.2) is 47.2 Å². The van der Waals surface area contributed by atoms with Gasteiger partial charge in [0.2, 0.25) is 0 Å².